The molecule has 0 aliphatic carbocycles. The molecule has 33 heavy (non-hydrogen) atoms. The van der Waals surface area contributed by atoms with Crippen molar-refractivity contribution in [3.05, 3.63) is 40.8 Å². The molecule has 176 valence electrons. The monoisotopic (exact) mass is 490 g/mol. The van der Waals surface area contributed by atoms with Crippen LogP contribution in [0.1, 0.15) is 42.6 Å². The average molecular weight is 491 g/mol. The maximum atomic E-state index is 13.0. The second-order valence-corrected chi connectivity index (χ2v) is 10.2. The molecule has 1 N–H and O–H groups in total. The number of anilines is 2. The van der Waals surface area contributed by atoms with Crippen molar-refractivity contribution in [3.63, 3.8) is 0 Å². The van der Waals surface area contributed by atoms with Crippen molar-refractivity contribution in [2.75, 3.05) is 43.0 Å². The third-order valence-corrected chi connectivity index (χ3v) is 8.23. The van der Waals surface area contributed by atoms with Crippen LogP contribution in [0.3, 0.4) is 0 Å². The molecule has 2 heterocycles. The number of amides is 1. The van der Waals surface area contributed by atoms with Crippen molar-refractivity contribution in [1.82, 2.24) is 4.31 Å². The highest BCUT2D eigenvalue weighted by Gasteiger charge is 2.27. The summed E-state index contributed by atoms with van der Waals surface area (Å²) in [6.07, 6.45) is 1.94. The summed E-state index contributed by atoms with van der Waals surface area (Å²) >= 11 is 1.19. The molecule has 1 aromatic heterocycles. The van der Waals surface area contributed by atoms with E-state index in [0.717, 1.165) is 25.9 Å². The number of esters is 1. The van der Waals surface area contributed by atoms with Gasteiger partial charge in [0, 0.05) is 26.2 Å². The van der Waals surface area contributed by atoms with E-state index < -0.39 is 28.5 Å². The molecule has 1 aromatic carbocycles. The molecule has 2 aromatic rings. The highest BCUT2D eigenvalue weighted by Crippen LogP contribution is 2.29. The van der Waals surface area contributed by atoms with Crippen LogP contribution in [-0.2, 0) is 19.6 Å². The minimum atomic E-state index is -3.77. The van der Waals surface area contributed by atoms with Crippen molar-refractivity contribution in [2.24, 2.45) is 0 Å². The number of nitrogens with one attached hydrogen (secondary N) is 1. The number of sulfonamides is 1. The fourth-order valence-corrected chi connectivity index (χ4v) is 5.89. The maximum absolute atomic E-state index is 13.0. The molecule has 0 atom stereocenters. The van der Waals surface area contributed by atoms with Gasteiger partial charge in [-0.05, 0) is 42.5 Å². The Morgan fingerprint density at radius 2 is 1.91 bits per heavy atom. The highest BCUT2D eigenvalue weighted by molar-refractivity contribution is 7.89. The van der Waals surface area contributed by atoms with Gasteiger partial charge in [-0.2, -0.15) is 9.57 Å². The van der Waals surface area contributed by atoms with E-state index in [-0.39, 0.29) is 10.5 Å². The number of hydrogen-bond acceptors (Lipinski definition) is 8. The standard InChI is InChI=1S/C22H26N4O5S2/c1-3-26(4-2)33(29,30)17-7-8-19(25-10-5-6-11-25)18(13-17)22(28)31-15-20(27)24-21-16(14-23)9-12-32-21/h7-9,12-13H,3-6,10-11,15H2,1-2H3,(H,24,27). The van der Waals surface area contributed by atoms with Crippen molar-refractivity contribution in [1.29, 1.82) is 5.26 Å². The molecule has 0 bridgehead atoms. The molecule has 0 radical (unpaired) electrons. The van der Waals surface area contributed by atoms with Gasteiger partial charge in [-0.15, -0.1) is 11.3 Å². The predicted molar refractivity (Wildman–Crippen MR) is 126 cm³/mol. The Bertz CT molecular complexity index is 1160. The van der Waals surface area contributed by atoms with Gasteiger partial charge >= 0.3 is 5.97 Å². The SMILES string of the molecule is CCN(CC)S(=O)(=O)c1ccc(N2CCCC2)c(C(=O)OCC(=O)Nc2sccc2C#N)c1. The van der Waals surface area contributed by atoms with Crippen molar-refractivity contribution in [3.8, 4) is 6.07 Å². The Balaban J connectivity index is 1.83. The van der Waals surface area contributed by atoms with Gasteiger partial charge < -0.3 is 15.0 Å². The van der Waals surface area contributed by atoms with Crippen molar-refractivity contribution in [2.45, 2.75) is 31.6 Å². The van der Waals surface area contributed by atoms with E-state index in [2.05, 4.69) is 5.32 Å². The van der Waals surface area contributed by atoms with Crippen LogP contribution in [-0.4, -0.2) is 57.4 Å². The number of benzene rings is 1. The average Bonchev–Trinajstić information content (AvgIpc) is 3.49. The first kappa shape index (κ1) is 24.7. The van der Waals surface area contributed by atoms with Crippen LogP contribution in [0.4, 0.5) is 10.7 Å². The van der Waals surface area contributed by atoms with Gasteiger partial charge in [-0.1, -0.05) is 13.8 Å². The van der Waals surface area contributed by atoms with E-state index in [9.17, 15) is 18.0 Å². The lowest BCUT2D eigenvalue weighted by molar-refractivity contribution is -0.119. The Labute approximate surface area is 197 Å². The second-order valence-electron chi connectivity index (χ2n) is 7.36. The van der Waals surface area contributed by atoms with E-state index >= 15 is 0 Å². The summed E-state index contributed by atoms with van der Waals surface area (Å²) in [4.78, 5) is 27.2. The maximum Gasteiger partial charge on any atom is 0.340 e. The molecular formula is C22H26N4O5S2. The van der Waals surface area contributed by atoms with Crippen LogP contribution in [0.2, 0.25) is 0 Å². The zero-order valence-electron chi connectivity index (χ0n) is 18.5. The molecule has 1 aliphatic rings. The fourth-order valence-electron chi connectivity index (χ4n) is 3.65. The van der Waals surface area contributed by atoms with Gasteiger partial charge in [0.2, 0.25) is 10.0 Å². The molecule has 1 amide bonds. The molecule has 0 spiro atoms. The zero-order valence-corrected chi connectivity index (χ0v) is 20.2. The van der Waals surface area contributed by atoms with Crippen LogP contribution >= 0.6 is 11.3 Å². The fraction of sp³-hybridized carbons (Fsp3) is 0.409. The third-order valence-electron chi connectivity index (χ3n) is 5.35. The number of ether oxygens (including phenoxy) is 1. The molecule has 3 rings (SSSR count). The second kappa shape index (κ2) is 10.8. The number of carbonyl (C=O) groups excluding carboxylic acids is 2. The zero-order chi connectivity index (χ0) is 24.0. The molecule has 9 nitrogen and oxygen atoms in total. The van der Waals surface area contributed by atoms with Gasteiger partial charge in [-0.25, -0.2) is 13.2 Å². The van der Waals surface area contributed by atoms with Gasteiger partial charge in [0.1, 0.15) is 11.1 Å². The highest BCUT2D eigenvalue weighted by atomic mass is 32.2. The Kier molecular flexibility index (Phi) is 8.07. The normalized spacial score (nSPS) is 13.7. The van der Waals surface area contributed by atoms with Gasteiger partial charge in [0.15, 0.2) is 6.61 Å². The lowest BCUT2D eigenvalue weighted by Gasteiger charge is -2.23. The molecular weight excluding hydrogens is 464 g/mol. The molecule has 1 aliphatic heterocycles. The Hall–Kier alpha value is -2.94. The van der Waals surface area contributed by atoms with E-state index in [1.54, 1.807) is 31.4 Å². The Morgan fingerprint density at radius 3 is 2.55 bits per heavy atom. The molecule has 11 heteroatoms. The van der Waals surface area contributed by atoms with Crippen LogP contribution in [0.25, 0.3) is 0 Å². The first-order valence-electron chi connectivity index (χ1n) is 10.7. The van der Waals surface area contributed by atoms with Crippen molar-refractivity contribution < 1.29 is 22.7 Å². The lowest BCUT2D eigenvalue weighted by Crippen LogP contribution is -2.31. The first-order valence-corrected chi connectivity index (χ1v) is 13.0. The quantitative estimate of drug-likeness (QED) is 0.537. The van der Waals surface area contributed by atoms with Gasteiger partial charge in [-0.3, -0.25) is 4.79 Å². The Morgan fingerprint density at radius 1 is 1.21 bits per heavy atom. The van der Waals surface area contributed by atoms with Gasteiger partial charge in [0.05, 0.1) is 21.7 Å². The summed E-state index contributed by atoms with van der Waals surface area (Å²) < 4.78 is 32.5. The van der Waals surface area contributed by atoms with Crippen LogP contribution in [0.15, 0.2) is 34.5 Å². The van der Waals surface area contributed by atoms with E-state index in [4.69, 9.17) is 10.00 Å². The topological polar surface area (TPSA) is 120 Å². The minimum absolute atomic E-state index is 0.00259. The van der Waals surface area contributed by atoms with Gasteiger partial charge in [0.25, 0.3) is 5.91 Å². The van der Waals surface area contributed by atoms with Crippen LogP contribution < -0.4 is 10.2 Å². The summed E-state index contributed by atoms with van der Waals surface area (Å²) in [6, 6.07) is 8.01. The van der Waals surface area contributed by atoms with Crippen LogP contribution in [0.5, 0.6) is 0 Å². The molecule has 1 saturated heterocycles. The van der Waals surface area contributed by atoms with Crippen LogP contribution in [0, 0.1) is 11.3 Å². The summed E-state index contributed by atoms with van der Waals surface area (Å²) in [5, 5.41) is 13.7. The predicted octanol–water partition coefficient (Wildman–Crippen LogP) is 3.05. The molecule has 0 unspecified atom stereocenters. The number of nitriles is 1. The largest absolute Gasteiger partial charge is 0.452 e. The number of carbonyl (C=O) groups is 2. The van der Waals surface area contributed by atoms with E-state index in [1.165, 1.54) is 27.8 Å². The summed E-state index contributed by atoms with van der Waals surface area (Å²) in [5.41, 5.74) is 1.01. The van der Waals surface area contributed by atoms with E-state index in [0.29, 0.717) is 29.3 Å². The number of rotatable bonds is 9. The smallest absolute Gasteiger partial charge is 0.340 e. The summed E-state index contributed by atoms with van der Waals surface area (Å²) in [6.45, 7) is 5.04. The molecule has 0 saturated carbocycles. The first-order chi connectivity index (χ1) is 15.8. The van der Waals surface area contributed by atoms with Crippen molar-refractivity contribution >= 4 is 43.9 Å². The number of hydrogen-bond donors (Lipinski definition) is 1. The summed E-state index contributed by atoms with van der Waals surface area (Å²) in [7, 11) is -3.77. The molecule has 1 fully saturated rings. The number of nitrogens with zero attached hydrogens (tertiary/aromatic N) is 3. The lowest BCUT2D eigenvalue weighted by atomic mass is 10.1. The minimum Gasteiger partial charge on any atom is -0.452 e. The summed E-state index contributed by atoms with van der Waals surface area (Å²) in [5.74, 6) is -1.37. The number of thiophene rings is 1. The van der Waals surface area contributed by atoms with E-state index in [1.807, 2.05) is 11.0 Å². The third kappa shape index (κ3) is 5.52.